The van der Waals surface area contributed by atoms with Crippen molar-refractivity contribution in [3.63, 3.8) is 0 Å². The summed E-state index contributed by atoms with van der Waals surface area (Å²) in [5.74, 6) is 0.531. The Labute approximate surface area is 150 Å². The predicted molar refractivity (Wildman–Crippen MR) is 97.6 cm³/mol. The minimum absolute atomic E-state index is 0.209. The summed E-state index contributed by atoms with van der Waals surface area (Å²) in [5, 5.41) is 4.03. The van der Waals surface area contributed by atoms with Crippen molar-refractivity contribution in [2.45, 2.75) is 13.8 Å². The van der Waals surface area contributed by atoms with E-state index in [1.54, 1.807) is 24.5 Å². The van der Waals surface area contributed by atoms with Crippen LogP contribution in [0.5, 0.6) is 5.75 Å². The fraction of sp³-hybridized carbons (Fsp3) is 0.200. The van der Waals surface area contributed by atoms with E-state index in [4.69, 9.17) is 9.26 Å². The molecule has 0 spiro atoms. The van der Waals surface area contributed by atoms with Gasteiger partial charge in [-0.25, -0.2) is 9.37 Å². The van der Waals surface area contributed by atoms with E-state index in [1.807, 2.05) is 37.6 Å². The van der Waals surface area contributed by atoms with E-state index in [1.165, 1.54) is 7.11 Å². The van der Waals surface area contributed by atoms with Gasteiger partial charge in [-0.15, -0.1) is 0 Å². The molecule has 0 saturated heterocycles. The van der Waals surface area contributed by atoms with Gasteiger partial charge in [0.05, 0.1) is 30.2 Å². The van der Waals surface area contributed by atoms with Crippen molar-refractivity contribution in [3.8, 4) is 28.0 Å². The van der Waals surface area contributed by atoms with Gasteiger partial charge in [0.15, 0.2) is 11.6 Å². The fourth-order valence-electron chi connectivity index (χ4n) is 3.42. The highest BCUT2D eigenvalue weighted by Crippen LogP contribution is 2.38. The molecule has 132 valence electrons. The van der Waals surface area contributed by atoms with Gasteiger partial charge < -0.3 is 13.8 Å². The number of imidazole rings is 1. The van der Waals surface area contributed by atoms with Crippen molar-refractivity contribution in [2.24, 2.45) is 7.05 Å². The lowest BCUT2D eigenvalue weighted by Gasteiger charge is -2.12. The van der Waals surface area contributed by atoms with Crippen LogP contribution in [0.1, 0.15) is 11.5 Å². The molecule has 2 aromatic heterocycles. The zero-order valence-electron chi connectivity index (χ0n) is 15.0. The molecule has 0 fully saturated rings. The number of hydrogen-bond acceptors (Lipinski definition) is 4. The van der Waals surface area contributed by atoms with Gasteiger partial charge in [-0.05, 0) is 37.6 Å². The molecule has 0 radical (unpaired) electrons. The topological polar surface area (TPSA) is 53.1 Å². The van der Waals surface area contributed by atoms with E-state index in [0.29, 0.717) is 5.56 Å². The molecule has 0 atom stereocenters. The highest BCUT2D eigenvalue weighted by molar-refractivity contribution is 5.97. The second-order valence-corrected chi connectivity index (χ2v) is 6.27. The Morgan fingerprint density at radius 3 is 2.65 bits per heavy atom. The first-order chi connectivity index (χ1) is 12.5. The Morgan fingerprint density at radius 2 is 1.96 bits per heavy atom. The van der Waals surface area contributed by atoms with Crippen LogP contribution >= 0.6 is 0 Å². The highest BCUT2D eigenvalue weighted by atomic mass is 19.1. The van der Waals surface area contributed by atoms with Crippen LogP contribution in [0.2, 0.25) is 0 Å². The molecule has 2 aromatic carbocycles. The number of methoxy groups -OCH3 is 1. The maximum atomic E-state index is 15.0. The number of benzene rings is 2. The molecule has 0 aliphatic rings. The van der Waals surface area contributed by atoms with Gasteiger partial charge in [0.25, 0.3) is 0 Å². The van der Waals surface area contributed by atoms with Crippen LogP contribution in [0.25, 0.3) is 33.3 Å². The Bertz CT molecular complexity index is 1110. The maximum Gasteiger partial charge on any atom is 0.172 e. The number of ether oxygens (including phenoxy) is 1. The summed E-state index contributed by atoms with van der Waals surface area (Å²) in [6.45, 7) is 3.75. The Morgan fingerprint density at radius 1 is 1.15 bits per heavy atom. The lowest BCUT2D eigenvalue weighted by Crippen LogP contribution is -1.95. The molecular formula is C20H18FN3O2. The molecule has 5 nitrogen and oxygen atoms in total. The number of hydrogen-bond donors (Lipinski definition) is 0. The first-order valence-electron chi connectivity index (χ1n) is 8.22. The molecule has 0 N–H and O–H groups in total. The molecule has 0 unspecified atom stereocenters. The lowest BCUT2D eigenvalue weighted by atomic mass is 9.96. The Balaban J connectivity index is 2.07. The summed E-state index contributed by atoms with van der Waals surface area (Å²) < 4.78 is 27.3. The molecule has 0 bridgehead atoms. The predicted octanol–water partition coefficient (Wildman–Crippen LogP) is 4.66. The van der Waals surface area contributed by atoms with E-state index < -0.39 is 5.82 Å². The molecule has 0 saturated carbocycles. The van der Waals surface area contributed by atoms with Crippen molar-refractivity contribution in [1.82, 2.24) is 14.7 Å². The number of aromatic nitrogens is 3. The van der Waals surface area contributed by atoms with Gasteiger partial charge in [0.2, 0.25) is 0 Å². The average molecular weight is 351 g/mol. The smallest absolute Gasteiger partial charge is 0.172 e. The first kappa shape index (κ1) is 16.3. The fourth-order valence-corrected chi connectivity index (χ4v) is 3.42. The summed E-state index contributed by atoms with van der Waals surface area (Å²) in [5.41, 5.74) is 5.43. The van der Waals surface area contributed by atoms with E-state index in [2.05, 4.69) is 10.1 Å². The maximum absolute atomic E-state index is 15.0. The third kappa shape index (κ3) is 2.37. The van der Waals surface area contributed by atoms with Crippen LogP contribution in [0.3, 0.4) is 0 Å². The van der Waals surface area contributed by atoms with Crippen LogP contribution < -0.4 is 4.74 Å². The van der Waals surface area contributed by atoms with Crippen molar-refractivity contribution < 1.29 is 13.7 Å². The summed E-state index contributed by atoms with van der Waals surface area (Å²) in [7, 11) is 3.36. The number of rotatable bonds is 3. The number of nitrogens with zero attached hydrogens (tertiary/aromatic N) is 3. The zero-order chi connectivity index (χ0) is 18.4. The van der Waals surface area contributed by atoms with E-state index >= 15 is 0 Å². The lowest BCUT2D eigenvalue weighted by molar-refractivity contribution is 0.387. The largest absolute Gasteiger partial charge is 0.494 e. The molecule has 0 aliphatic carbocycles. The second-order valence-electron chi connectivity index (χ2n) is 6.27. The summed E-state index contributed by atoms with van der Waals surface area (Å²) >= 11 is 0. The zero-order valence-corrected chi connectivity index (χ0v) is 15.0. The van der Waals surface area contributed by atoms with Gasteiger partial charge in [-0.2, -0.15) is 0 Å². The van der Waals surface area contributed by atoms with Crippen LogP contribution in [0.4, 0.5) is 4.39 Å². The van der Waals surface area contributed by atoms with E-state index in [9.17, 15) is 4.39 Å². The van der Waals surface area contributed by atoms with Crippen LogP contribution in [-0.4, -0.2) is 21.8 Å². The van der Waals surface area contributed by atoms with E-state index in [0.717, 1.165) is 39.2 Å². The monoisotopic (exact) mass is 351 g/mol. The van der Waals surface area contributed by atoms with Crippen molar-refractivity contribution in [3.05, 3.63) is 53.9 Å². The standard InChI is InChI=1S/C20H18FN3O2/c1-11-18(12(2)26-23-11)13-8-15(20-16(9-13)22-10-24(20)3)14-6-5-7-17(25-4)19(14)21/h5-10H,1-4H3. The Kier molecular flexibility index (Phi) is 3.76. The SMILES string of the molecule is COc1cccc(-c2cc(-c3c(C)noc3C)cc3ncn(C)c23)c1F. The van der Waals surface area contributed by atoms with Crippen LogP contribution in [0, 0.1) is 19.7 Å². The average Bonchev–Trinajstić information content (AvgIpc) is 3.17. The van der Waals surface area contributed by atoms with Crippen LogP contribution in [0.15, 0.2) is 41.2 Å². The number of fused-ring (bicyclic) bond motifs is 1. The van der Waals surface area contributed by atoms with Gasteiger partial charge in [0.1, 0.15) is 5.76 Å². The van der Waals surface area contributed by atoms with Crippen molar-refractivity contribution in [2.75, 3.05) is 7.11 Å². The van der Waals surface area contributed by atoms with Gasteiger partial charge >= 0.3 is 0 Å². The van der Waals surface area contributed by atoms with Gasteiger partial charge in [-0.3, -0.25) is 0 Å². The number of halogens is 1. The van der Waals surface area contributed by atoms with Crippen molar-refractivity contribution in [1.29, 1.82) is 0 Å². The summed E-state index contributed by atoms with van der Waals surface area (Å²) in [6, 6.07) is 9.06. The van der Waals surface area contributed by atoms with E-state index in [-0.39, 0.29) is 5.75 Å². The van der Waals surface area contributed by atoms with Gasteiger partial charge in [0, 0.05) is 23.7 Å². The quantitative estimate of drug-likeness (QED) is 0.539. The van der Waals surface area contributed by atoms with Crippen molar-refractivity contribution >= 4 is 11.0 Å². The van der Waals surface area contributed by atoms with Crippen LogP contribution in [-0.2, 0) is 7.05 Å². The molecule has 26 heavy (non-hydrogen) atoms. The summed E-state index contributed by atoms with van der Waals surface area (Å²) in [6.07, 6.45) is 1.73. The molecule has 2 heterocycles. The molecule has 0 aliphatic heterocycles. The normalized spacial score (nSPS) is 11.3. The molecule has 4 aromatic rings. The molecule has 4 rings (SSSR count). The summed E-state index contributed by atoms with van der Waals surface area (Å²) in [4.78, 5) is 4.46. The molecule has 0 amide bonds. The second kappa shape index (κ2) is 5.98. The molecular weight excluding hydrogens is 333 g/mol. The third-order valence-electron chi connectivity index (χ3n) is 4.61. The highest BCUT2D eigenvalue weighted by Gasteiger charge is 2.19. The Hall–Kier alpha value is -3.15. The molecule has 6 heteroatoms. The minimum atomic E-state index is -0.395. The number of aryl methyl sites for hydroxylation is 3. The minimum Gasteiger partial charge on any atom is -0.494 e. The first-order valence-corrected chi connectivity index (χ1v) is 8.22. The third-order valence-corrected chi connectivity index (χ3v) is 4.61. The van der Waals surface area contributed by atoms with Gasteiger partial charge in [-0.1, -0.05) is 17.3 Å².